The molecule has 1 aliphatic heterocycles. The van der Waals surface area contributed by atoms with Gasteiger partial charge in [0.1, 0.15) is 10.8 Å². The molecule has 6 nitrogen and oxygen atoms in total. The third-order valence-electron chi connectivity index (χ3n) is 3.95. The summed E-state index contributed by atoms with van der Waals surface area (Å²) in [6.45, 7) is 5.77. The van der Waals surface area contributed by atoms with E-state index in [1.807, 2.05) is 17.6 Å². The van der Waals surface area contributed by atoms with Gasteiger partial charge in [0.15, 0.2) is 0 Å². The van der Waals surface area contributed by atoms with Gasteiger partial charge in [-0.25, -0.2) is 9.78 Å². The summed E-state index contributed by atoms with van der Waals surface area (Å²) in [5, 5.41) is 3.20. The zero-order valence-electron chi connectivity index (χ0n) is 13.2. The molecule has 3 heterocycles. The molecular formula is C16H21N3O3S. The third kappa shape index (κ3) is 4.40. The minimum atomic E-state index is -0.429. The number of aromatic nitrogens is 1. The van der Waals surface area contributed by atoms with E-state index in [0.717, 1.165) is 51.4 Å². The number of furan rings is 1. The van der Waals surface area contributed by atoms with Crippen LogP contribution in [0.4, 0.5) is 0 Å². The van der Waals surface area contributed by atoms with E-state index in [2.05, 4.69) is 19.5 Å². The van der Waals surface area contributed by atoms with Crippen molar-refractivity contribution >= 4 is 17.3 Å². The Balaban J connectivity index is 1.51. The second-order valence-electron chi connectivity index (χ2n) is 5.59. The van der Waals surface area contributed by atoms with Crippen LogP contribution in [0, 0.1) is 0 Å². The molecule has 1 fully saturated rings. The normalized spacial score (nSPS) is 17.1. The Bertz CT molecular complexity index is 626. The zero-order valence-corrected chi connectivity index (χ0v) is 14.1. The van der Waals surface area contributed by atoms with E-state index < -0.39 is 5.97 Å². The molecule has 0 unspecified atom stereocenters. The van der Waals surface area contributed by atoms with Gasteiger partial charge in [0.25, 0.3) is 0 Å². The fourth-order valence-electron chi connectivity index (χ4n) is 2.76. The van der Waals surface area contributed by atoms with Gasteiger partial charge in [0.05, 0.1) is 20.2 Å². The molecule has 124 valence electrons. The van der Waals surface area contributed by atoms with Crippen molar-refractivity contribution in [2.24, 2.45) is 0 Å². The Morgan fingerprint density at radius 3 is 2.74 bits per heavy atom. The molecular weight excluding hydrogens is 314 g/mol. The number of ether oxygens (including phenoxy) is 1. The molecule has 7 heteroatoms. The maximum absolute atomic E-state index is 11.4. The first-order chi connectivity index (χ1) is 11.2. The molecule has 1 saturated heterocycles. The molecule has 23 heavy (non-hydrogen) atoms. The fraction of sp³-hybridized carbons (Fsp3) is 0.500. The third-order valence-corrected chi connectivity index (χ3v) is 4.72. The van der Waals surface area contributed by atoms with E-state index in [1.165, 1.54) is 12.1 Å². The molecule has 0 amide bonds. The highest BCUT2D eigenvalue weighted by molar-refractivity contribution is 7.09. The van der Waals surface area contributed by atoms with Crippen molar-refractivity contribution in [1.82, 2.24) is 14.8 Å². The van der Waals surface area contributed by atoms with Crippen LogP contribution in [0.15, 0.2) is 28.1 Å². The Hall–Kier alpha value is -1.70. The number of carbonyl (C=O) groups is 1. The number of methoxy groups -OCH3 is 1. The first-order valence-electron chi connectivity index (χ1n) is 7.74. The Morgan fingerprint density at radius 1 is 1.26 bits per heavy atom. The van der Waals surface area contributed by atoms with Gasteiger partial charge in [-0.15, -0.1) is 11.3 Å². The zero-order chi connectivity index (χ0) is 16.1. The Morgan fingerprint density at radius 2 is 2.04 bits per heavy atom. The lowest BCUT2D eigenvalue weighted by Gasteiger charge is -2.20. The summed E-state index contributed by atoms with van der Waals surface area (Å²) < 4.78 is 10.2. The summed E-state index contributed by atoms with van der Waals surface area (Å²) in [6, 6.07) is 3.53. The summed E-state index contributed by atoms with van der Waals surface area (Å²) in [5.41, 5.74) is 0. The quantitative estimate of drug-likeness (QED) is 0.781. The number of esters is 1. The van der Waals surface area contributed by atoms with Crippen LogP contribution in [-0.4, -0.2) is 54.0 Å². The molecule has 1 aliphatic rings. The number of carbonyl (C=O) groups excluding carboxylic acids is 1. The van der Waals surface area contributed by atoms with Gasteiger partial charge in [-0.05, 0) is 31.6 Å². The number of hydrogen-bond donors (Lipinski definition) is 0. The number of thiazole rings is 1. The molecule has 0 spiro atoms. The smallest absolute Gasteiger partial charge is 0.373 e. The predicted octanol–water partition coefficient (Wildman–Crippen LogP) is 2.23. The second kappa shape index (κ2) is 7.72. The maximum Gasteiger partial charge on any atom is 0.373 e. The number of hydrogen-bond acceptors (Lipinski definition) is 7. The predicted molar refractivity (Wildman–Crippen MR) is 87.3 cm³/mol. The van der Waals surface area contributed by atoms with Crippen molar-refractivity contribution in [3.63, 3.8) is 0 Å². The standard InChI is InChI=1S/C16H21N3O3S/c1-21-16(20)14-4-3-13(22-14)11-18-6-2-7-19(9-8-18)12-15-17-5-10-23-15/h3-5,10H,2,6-9,11-12H2,1H3. The van der Waals surface area contributed by atoms with E-state index in [0.29, 0.717) is 0 Å². The van der Waals surface area contributed by atoms with E-state index in [-0.39, 0.29) is 5.76 Å². The van der Waals surface area contributed by atoms with Gasteiger partial charge < -0.3 is 9.15 Å². The minimum Gasteiger partial charge on any atom is -0.463 e. The van der Waals surface area contributed by atoms with E-state index in [4.69, 9.17) is 4.42 Å². The van der Waals surface area contributed by atoms with Crippen molar-refractivity contribution in [3.8, 4) is 0 Å². The first kappa shape index (κ1) is 16.2. The molecule has 0 aliphatic carbocycles. The van der Waals surface area contributed by atoms with Crippen molar-refractivity contribution in [1.29, 1.82) is 0 Å². The number of rotatable bonds is 5. The van der Waals surface area contributed by atoms with Crippen LogP contribution in [0.1, 0.15) is 27.7 Å². The van der Waals surface area contributed by atoms with E-state index in [9.17, 15) is 4.79 Å². The van der Waals surface area contributed by atoms with E-state index in [1.54, 1.807) is 17.4 Å². The van der Waals surface area contributed by atoms with Crippen molar-refractivity contribution < 1.29 is 13.9 Å². The molecule has 3 rings (SSSR count). The molecule has 2 aromatic heterocycles. The van der Waals surface area contributed by atoms with Gasteiger partial charge >= 0.3 is 5.97 Å². The van der Waals surface area contributed by atoms with Crippen LogP contribution in [-0.2, 0) is 17.8 Å². The van der Waals surface area contributed by atoms with Gasteiger partial charge in [0, 0.05) is 24.7 Å². The lowest BCUT2D eigenvalue weighted by atomic mass is 10.3. The second-order valence-corrected chi connectivity index (χ2v) is 6.57. The number of nitrogens with zero attached hydrogens (tertiary/aromatic N) is 3. The Kier molecular flexibility index (Phi) is 5.43. The summed E-state index contributed by atoms with van der Waals surface area (Å²) in [7, 11) is 1.36. The van der Waals surface area contributed by atoms with Crippen LogP contribution in [0.5, 0.6) is 0 Å². The topological polar surface area (TPSA) is 58.8 Å². The van der Waals surface area contributed by atoms with Gasteiger partial charge in [-0.3, -0.25) is 9.80 Å². The summed E-state index contributed by atoms with van der Waals surface area (Å²) >= 11 is 1.71. The lowest BCUT2D eigenvalue weighted by Crippen LogP contribution is -2.30. The lowest BCUT2D eigenvalue weighted by molar-refractivity contribution is 0.0561. The summed E-state index contributed by atoms with van der Waals surface area (Å²) in [6.07, 6.45) is 2.98. The van der Waals surface area contributed by atoms with Crippen LogP contribution in [0.2, 0.25) is 0 Å². The fourth-order valence-corrected chi connectivity index (χ4v) is 3.41. The van der Waals surface area contributed by atoms with Crippen LogP contribution < -0.4 is 0 Å². The monoisotopic (exact) mass is 335 g/mol. The van der Waals surface area contributed by atoms with Crippen molar-refractivity contribution in [2.45, 2.75) is 19.5 Å². The van der Waals surface area contributed by atoms with E-state index >= 15 is 0 Å². The molecule has 0 aromatic carbocycles. The van der Waals surface area contributed by atoms with Crippen molar-refractivity contribution in [3.05, 3.63) is 40.2 Å². The van der Waals surface area contributed by atoms with Crippen molar-refractivity contribution in [2.75, 3.05) is 33.3 Å². The molecule has 2 aromatic rings. The largest absolute Gasteiger partial charge is 0.463 e. The summed E-state index contributed by atoms with van der Waals surface area (Å²) in [5.74, 6) is 0.642. The van der Waals surface area contributed by atoms with Crippen LogP contribution in [0.3, 0.4) is 0 Å². The Labute approximate surface area is 139 Å². The van der Waals surface area contributed by atoms with Gasteiger partial charge in [-0.1, -0.05) is 0 Å². The maximum atomic E-state index is 11.4. The molecule has 0 N–H and O–H groups in total. The highest BCUT2D eigenvalue weighted by Gasteiger charge is 2.18. The summed E-state index contributed by atoms with van der Waals surface area (Å²) in [4.78, 5) is 20.6. The highest BCUT2D eigenvalue weighted by Crippen LogP contribution is 2.15. The minimum absolute atomic E-state index is 0.266. The molecule has 0 atom stereocenters. The average Bonchev–Trinajstić information content (AvgIpc) is 3.18. The van der Waals surface area contributed by atoms with Gasteiger partial charge in [-0.2, -0.15) is 0 Å². The molecule has 0 radical (unpaired) electrons. The molecule has 0 saturated carbocycles. The van der Waals surface area contributed by atoms with Gasteiger partial charge in [0.2, 0.25) is 5.76 Å². The first-order valence-corrected chi connectivity index (χ1v) is 8.62. The highest BCUT2D eigenvalue weighted by atomic mass is 32.1. The van der Waals surface area contributed by atoms with Crippen LogP contribution in [0.25, 0.3) is 0 Å². The molecule has 0 bridgehead atoms. The average molecular weight is 335 g/mol. The van der Waals surface area contributed by atoms with Crippen LogP contribution >= 0.6 is 11.3 Å². The SMILES string of the molecule is COC(=O)c1ccc(CN2CCCN(Cc3nccs3)CC2)o1.